The van der Waals surface area contributed by atoms with Crippen LogP contribution in [0.25, 0.3) is 0 Å². The average Bonchev–Trinajstić information content (AvgIpc) is 2.52. The number of halogens is 1. The van der Waals surface area contributed by atoms with E-state index in [9.17, 15) is 9.18 Å². The third-order valence-corrected chi connectivity index (χ3v) is 3.31. The lowest BCUT2D eigenvalue weighted by atomic mass is 10.1. The van der Waals surface area contributed by atoms with E-state index in [2.05, 4.69) is 5.32 Å². The first-order valence-corrected chi connectivity index (χ1v) is 6.97. The summed E-state index contributed by atoms with van der Waals surface area (Å²) in [5, 5.41) is 2.74. The fourth-order valence-electron chi connectivity index (χ4n) is 2.05. The van der Waals surface area contributed by atoms with Crippen LogP contribution in [0.2, 0.25) is 0 Å². The van der Waals surface area contributed by atoms with Crippen molar-refractivity contribution in [3.05, 3.63) is 71.0 Å². The van der Waals surface area contributed by atoms with Crippen molar-refractivity contribution in [1.29, 1.82) is 0 Å². The highest BCUT2D eigenvalue weighted by Gasteiger charge is 2.06. The first kappa shape index (κ1) is 15.2. The number of hydrogen-bond acceptors (Lipinski definition) is 2. The molecular weight excluding hydrogens is 267 g/mol. The van der Waals surface area contributed by atoms with Crippen LogP contribution in [0.1, 0.15) is 23.1 Å². The van der Waals surface area contributed by atoms with Crippen LogP contribution in [0.15, 0.2) is 48.5 Å². The van der Waals surface area contributed by atoms with E-state index in [0.717, 1.165) is 11.1 Å². The summed E-state index contributed by atoms with van der Waals surface area (Å²) in [5.74, 6) is -0.414. The molecule has 2 aromatic carbocycles. The zero-order valence-electron chi connectivity index (χ0n) is 11.8. The largest absolute Gasteiger partial charge is 0.352 e. The number of carbonyl (C=O) groups excluding carboxylic acids is 1. The Morgan fingerprint density at radius 1 is 1.10 bits per heavy atom. The van der Waals surface area contributed by atoms with Crippen molar-refractivity contribution in [2.75, 3.05) is 0 Å². The number of rotatable bonds is 6. The van der Waals surface area contributed by atoms with Crippen molar-refractivity contribution in [3.8, 4) is 0 Å². The van der Waals surface area contributed by atoms with Gasteiger partial charge in [-0.1, -0.05) is 42.5 Å². The molecule has 0 spiro atoms. The van der Waals surface area contributed by atoms with E-state index >= 15 is 0 Å². The molecule has 110 valence electrons. The minimum atomic E-state index is -0.332. The number of nitrogens with one attached hydrogen (secondary N) is 1. The molecule has 2 aromatic rings. The van der Waals surface area contributed by atoms with Gasteiger partial charge in [-0.3, -0.25) is 4.79 Å². The maximum absolute atomic E-state index is 13.7. The van der Waals surface area contributed by atoms with Gasteiger partial charge < -0.3 is 11.1 Å². The molecule has 3 nitrogen and oxygen atoms in total. The van der Waals surface area contributed by atoms with Crippen molar-refractivity contribution in [1.82, 2.24) is 5.32 Å². The third-order valence-electron chi connectivity index (χ3n) is 3.31. The lowest BCUT2D eigenvalue weighted by Gasteiger charge is -2.07. The van der Waals surface area contributed by atoms with Gasteiger partial charge in [0.25, 0.3) is 0 Å². The summed E-state index contributed by atoms with van der Waals surface area (Å²) in [7, 11) is 0. The molecule has 4 heteroatoms. The van der Waals surface area contributed by atoms with Gasteiger partial charge in [-0.15, -0.1) is 0 Å². The van der Waals surface area contributed by atoms with Crippen LogP contribution in [0.5, 0.6) is 0 Å². The minimum absolute atomic E-state index is 0.0823. The van der Waals surface area contributed by atoms with Crippen LogP contribution >= 0.6 is 0 Å². The molecule has 1 amide bonds. The molecule has 0 heterocycles. The molecule has 0 saturated carbocycles. The van der Waals surface area contributed by atoms with Crippen LogP contribution in [0, 0.1) is 5.82 Å². The van der Waals surface area contributed by atoms with Gasteiger partial charge in [0.05, 0.1) is 0 Å². The van der Waals surface area contributed by atoms with Gasteiger partial charge in [-0.05, 0) is 23.6 Å². The maximum Gasteiger partial charge on any atom is 0.220 e. The highest BCUT2D eigenvalue weighted by Crippen LogP contribution is 2.10. The molecule has 0 aliphatic rings. The van der Waals surface area contributed by atoms with E-state index in [-0.39, 0.29) is 18.3 Å². The van der Waals surface area contributed by atoms with Crippen LogP contribution in [-0.4, -0.2) is 5.91 Å². The zero-order chi connectivity index (χ0) is 15.1. The van der Waals surface area contributed by atoms with E-state index in [1.165, 1.54) is 6.07 Å². The summed E-state index contributed by atoms with van der Waals surface area (Å²) in [4.78, 5) is 11.8. The van der Waals surface area contributed by atoms with Gasteiger partial charge in [-0.25, -0.2) is 4.39 Å². The second-order valence-electron chi connectivity index (χ2n) is 4.89. The summed E-state index contributed by atoms with van der Waals surface area (Å²) in [6.07, 6.45) is 1.08. The zero-order valence-corrected chi connectivity index (χ0v) is 11.8. The summed E-state index contributed by atoms with van der Waals surface area (Å²) >= 11 is 0. The van der Waals surface area contributed by atoms with Gasteiger partial charge >= 0.3 is 0 Å². The summed E-state index contributed by atoms with van der Waals surface area (Å²) in [6.45, 7) is 0.505. The molecule has 3 N–H and O–H groups in total. The van der Waals surface area contributed by atoms with Crippen LogP contribution in [0.4, 0.5) is 4.39 Å². The monoisotopic (exact) mass is 286 g/mol. The van der Waals surface area contributed by atoms with E-state index in [1.54, 1.807) is 12.1 Å². The summed E-state index contributed by atoms with van der Waals surface area (Å²) < 4.78 is 13.7. The second-order valence-corrected chi connectivity index (χ2v) is 4.89. The Labute approximate surface area is 124 Å². The molecule has 0 aromatic heterocycles. The number of aryl methyl sites for hydroxylation is 1. The smallest absolute Gasteiger partial charge is 0.220 e. The number of hydrogen-bond donors (Lipinski definition) is 2. The van der Waals surface area contributed by atoms with Gasteiger partial charge in [0, 0.05) is 25.1 Å². The van der Waals surface area contributed by atoms with E-state index in [0.29, 0.717) is 24.9 Å². The number of nitrogens with two attached hydrogens (primary N) is 1. The first-order chi connectivity index (χ1) is 10.2. The number of amides is 1. The van der Waals surface area contributed by atoms with Crippen LogP contribution in [0.3, 0.4) is 0 Å². The minimum Gasteiger partial charge on any atom is -0.352 e. The number of carbonyl (C=O) groups is 1. The molecule has 0 aliphatic carbocycles. The molecular formula is C17H19FN2O. The topological polar surface area (TPSA) is 55.1 Å². The molecule has 0 fully saturated rings. The standard InChI is InChI=1S/C17H19FN2O/c18-16-10-14(11-19)6-8-15(16)12-20-17(21)9-7-13-4-2-1-3-5-13/h1-6,8,10H,7,9,11-12,19H2,(H,20,21). The van der Waals surface area contributed by atoms with Crippen molar-refractivity contribution >= 4 is 5.91 Å². The molecule has 21 heavy (non-hydrogen) atoms. The fraction of sp³-hybridized carbons (Fsp3) is 0.235. The van der Waals surface area contributed by atoms with Crippen molar-refractivity contribution in [3.63, 3.8) is 0 Å². The van der Waals surface area contributed by atoms with Gasteiger partial charge in [-0.2, -0.15) is 0 Å². The SMILES string of the molecule is NCc1ccc(CNC(=O)CCc2ccccc2)c(F)c1. The van der Waals surface area contributed by atoms with Crippen molar-refractivity contribution in [2.24, 2.45) is 5.73 Å². The van der Waals surface area contributed by atoms with E-state index in [4.69, 9.17) is 5.73 Å². The summed E-state index contributed by atoms with van der Waals surface area (Å²) in [6, 6.07) is 14.6. The molecule has 0 unspecified atom stereocenters. The van der Waals surface area contributed by atoms with Crippen molar-refractivity contribution in [2.45, 2.75) is 25.9 Å². The van der Waals surface area contributed by atoms with Crippen LogP contribution < -0.4 is 11.1 Å². The lowest BCUT2D eigenvalue weighted by Crippen LogP contribution is -2.23. The molecule has 0 aliphatic heterocycles. The van der Waals surface area contributed by atoms with Gasteiger partial charge in [0.1, 0.15) is 5.82 Å². The quantitative estimate of drug-likeness (QED) is 0.857. The van der Waals surface area contributed by atoms with Crippen molar-refractivity contribution < 1.29 is 9.18 Å². The molecule has 0 saturated heterocycles. The highest BCUT2D eigenvalue weighted by atomic mass is 19.1. The molecule has 0 atom stereocenters. The Kier molecular flexibility index (Phi) is 5.46. The van der Waals surface area contributed by atoms with Gasteiger partial charge in [0.2, 0.25) is 5.91 Å². The molecule has 0 radical (unpaired) electrons. The van der Waals surface area contributed by atoms with Crippen LogP contribution in [-0.2, 0) is 24.3 Å². The summed E-state index contributed by atoms with van der Waals surface area (Å²) in [5.41, 5.74) is 7.78. The predicted octanol–water partition coefficient (Wildman–Crippen LogP) is 2.53. The predicted molar refractivity (Wildman–Crippen MR) is 80.9 cm³/mol. The Hall–Kier alpha value is -2.20. The Morgan fingerprint density at radius 2 is 1.86 bits per heavy atom. The lowest BCUT2D eigenvalue weighted by molar-refractivity contribution is -0.121. The Bertz CT molecular complexity index is 599. The average molecular weight is 286 g/mol. The Balaban J connectivity index is 1.81. The number of benzene rings is 2. The third kappa shape index (κ3) is 4.68. The normalized spacial score (nSPS) is 10.4. The molecule has 2 rings (SSSR count). The molecule has 0 bridgehead atoms. The second kappa shape index (κ2) is 7.55. The highest BCUT2D eigenvalue weighted by molar-refractivity contribution is 5.76. The van der Waals surface area contributed by atoms with Gasteiger partial charge in [0.15, 0.2) is 0 Å². The maximum atomic E-state index is 13.7. The Morgan fingerprint density at radius 3 is 2.52 bits per heavy atom. The first-order valence-electron chi connectivity index (χ1n) is 6.97. The van der Waals surface area contributed by atoms with E-state index < -0.39 is 0 Å². The van der Waals surface area contributed by atoms with E-state index in [1.807, 2.05) is 30.3 Å². The fourth-order valence-corrected chi connectivity index (χ4v) is 2.05.